The van der Waals surface area contributed by atoms with Gasteiger partial charge in [0.2, 0.25) is 10.0 Å². The molecule has 0 aromatic rings. The zero-order valence-electron chi connectivity index (χ0n) is 13.7. The van der Waals surface area contributed by atoms with E-state index in [9.17, 15) is 13.5 Å². The van der Waals surface area contributed by atoms with Gasteiger partial charge in [-0.1, -0.05) is 6.42 Å². The summed E-state index contributed by atoms with van der Waals surface area (Å²) in [5.41, 5.74) is 0. The Bertz CT molecular complexity index is 474. The quantitative estimate of drug-likeness (QED) is 0.302. The van der Waals surface area contributed by atoms with E-state index >= 15 is 0 Å². The highest BCUT2D eigenvalue weighted by atomic mass is 127. The summed E-state index contributed by atoms with van der Waals surface area (Å²) in [6.45, 7) is 2.40. The van der Waals surface area contributed by atoms with Crippen LogP contribution in [0, 0.1) is 5.92 Å². The van der Waals surface area contributed by atoms with E-state index in [1.165, 1.54) is 6.42 Å². The Hall–Kier alpha value is -0.130. The average Bonchev–Trinajstić information content (AvgIpc) is 2.43. The van der Waals surface area contributed by atoms with Crippen molar-refractivity contribution in [2.24, 2.45) is 10.9 Å². The van der Waals surface area contributed by atoms with E-state index in [-0.39, 0.29) is 35.8 Å². The first-order valence-corrected chi connectivity index (χ1v) is 9.76. The third-order valence-corrected chi connectivity index (χ3v) is 5.79. The van der Waals surface area contributed by atoms with E-state index in [0.29, 0.717) is 25.0 Å². The van der Waals surface area contributed by atoms with Crippen LogP contribution in [-0.2, 0) is 10.0 Å². The molecule has 2 aliphatic rings. The van der Waals surface area contributed by atoms with Crippen molar-refractivity contribution in [1.29, 1.82) is 0 Å². The summed E-state index contributed by atoms with van der Waals surface area (Å²) in [4.78, 5) is 6.24. The zero-order chi connectivity index (χ0) is 16.0. The zero-order valence-corrected chi connectivity index (χ0v) is 16.8. The predicted molar refractivity (Wildman–Crippen MR) is 103 cm³/mol. The van der Waals surface area contributed by atoms with Gasteiger partial charge in [0, 0.05) is 33.2 Å². The van der Waals surface area contributed by atoms with Crippen LogP contribution in [0.2, 0.25) is 0 Å². The number of halogens is 1. The molecule has 0 radical (unpaired) electrons. The summed E-state index contributed by atoms with van der Waals surface area (Å²) in [5, 5.41) is 12.6. The Balaban J connectivity index is 0.00000264. The molecular weight excluding hydrogens is 431 g/mol. The lowest BCUT2D eigenvalue weighted by atomic mass is 9.86. The molecule has 3 N–H and O–H groups in total. The molecule has 0 amide bonds. The van der Waals surface area contributed by atoms with Crippen molar-refractivity contribution >= 4 is 40.0 Å². The van der Waals surface area contributed by atoms with Gasteiger partial charge in [0.15, 0.2) is 5.96 Å². The number of hydrogen-bond acceptors (Lipinski definition) is 4. The van der Waals surface area contributed by atoms with Gasteiger partial charge >= 0.3 is 0 Å². The van der Waals surface area contributed by atoms with Gasteiger partial charge in [-0.25, -0.2) is 13.1 Å². The van der Waals surface area contributed by atoms with E-state index in [1.54, 1.807) is 7.05 Å². The van der Waals surface area contributed by atoms with Gasteiger partial charge in [0.1, 0.15) is 0 Å². The minimum Gasteiger partial charge on any atom is -0.393 e. The monoisotopic (exact) mass is 460 g/mol. The Kier molecular flexibility index (Phi) is 9.09. The van der Waals surface area contributed by atoms with Crippen LogP contribution >= 0.6 is 24.0 Å². The van der Waals surface area contributed by atoms with Crippen LogP contribution in [0.25, 0.3) is 0 Å². The Morgan fingerprint density at radius 1 is 1.26 bits per heavy atom. The molecule has 2 rings (SSSR count). The van der Waals surface area contributed by atoms with Crippen LogP contribution < -0.4 is 10.0 Å². The smallest absolute Gasteiger partial charge is 0.213 e. The van der Waals surface area contributed by atoms with Crippen molar-refractivity contribution < 1.29 is 13.5 Å². The number of aliphatic hydroxyl groups is 1. The van der Waals surface area contributed by atoms with Crippen molar-refractivity contribution in [3.05, 3.63) is 0 Å². The SMILES string of the molecule is CN=C(NCCS(=O)(=O)NCC1CCC1)N1CCC(O)CC1.I. The van der Waals surface area contributed by atoms with E-state index < -0.39 is 10.0 Å². The Labute approximate surface area is 156 Å². The van der Waals surface area contributed by atoms with Gasteiger partial charge in [0.25, 0.3) is 0 Å². The molecule has 1 aliphatic carbocycles. The lowest BCUT2D eigenvalue weighted by Gasteiger charge is -2.32. The number of rotatable bonds is 6. The molecule has 136 valence electrons. The second-order valence-corrected chi connectivity index (χ2v) is 8.08. The lowest BCUT2D eigenvalue weighted by Crippen LogP contribution is -2.48. The van der Waals surface area contributed by atoms with Gasteiger partial charge in [-0.3, -0.25) is 4.99 Å². The largest absolute Gasteiger partial charge is 0.393 e. The third kappa shape index (κ3) is 7.10. The number of aliphatic hydroxyl groups excluding tert-OH is 1. The molecule has 0 spiro atoms. The van der Waals surface area contributed by atoms with Crippen LogP contribution in [0.5, 0.6) is 0 Å². The number of aliphatic imine (C=N–C) groups is 1. The van der Waals surface area contributed by atoms with Crippen molar-refractivity contribution in [3.8, 4) is 0 Å². The maximum Gasteiger partial charge on any atom is 0.213 e. The number of sulfonamides is 1. The molecule has 7 nitrogen and oxygen atoms in total. The minimum absolute atomic E-state index is 0. The highest BCUT2D eigenvalue weighted by Gasteiger charge is 2.21. The fourth-order valence-electron chi connectivity index (χ4n) is 2.72. The van der Waals surface area contributed by atoms with Crippen LogP contribution in [0.3, 0.4) is 0 Å². The van der Waals surface area contributed by atoms with E-state index in [4.69, 9.17) is 0 Å². The second kappa shape index (κ2) is 10.00. The first-order valence-electron chi connectivity index (χ1n) is 8.11. The van der Waals surface area contributed by atoms with E-state index in [1.807, 2.05) is 0 Å². The second-order valence-electron chi connectivity index (χ2n) is 6.16. The van der Waals surface area contributed by atoms with Crippen LogP contribution in [0.1, 0.15) is 32.1 Å². The Morgan fingerprint density at radius 2 is 1.91 bits per heavy atom. The average molecular weight is 460 g/mol. The molecule has 0 aromatic carbocycles. The molecule has 1 saturated carbocycles. The molecule has 0 atom stereocenters. The normalized spacial score (nSPS) is 20.8. The summed E-state index contributed by atoms with van der Waals surface area (Å²) in [6.07, 6.45) is 4.70. The number of nitrogens with zero attached hydrogens (tertiary/aromatic N) is 2. The number of piperidine rings is 1. The number of guanidine groups is 1. The van der Waals surface area contributed by atoms with Crippen LogP contribution in [-0.4, -0.2) is 69.5 Å². The summed E-state index contributed by atoms with van der Waals surface area (Å²) >= 11 is 0. The topological polar surface area (TPSA) is 94.0 Å². The fourth-order valence-corrected chi connectivity index (χ4v) is 3.73. The summed E-state index contributed by atoms with van der Waals surface area (Å²) in [6, 6.07) is 0. The van der Waals surface area contributed by atoms with Gasteiger partial charge in [0.05, 0.1) is 11.9 Å². The number of hydrogen-bond donors (Lipinski definition) is 3. The first-order chi connectivity index (χ1) is 10.5. The van der Waals surface area contributed by atoms with Gasteiger partial charge < -0.3 is 15.3 Å². The third-order valence-electron chi connectivity index (χ3n) is 4.45. The summed E-state index contributed by atoms with van der Waals surface area (Å²) in [7, 11) is -1.53. The molecule has 0 bridgehead atoms. The van der Waals surface area contributed by atoms with Crippen LogP contribution in [0.15, 0.2) is 4.99 Å². The lowest BCUT2D eigenvalue weighted by molar-refractivity contribution is 0.108. The van der Waals surface area contributed by atoms with Crippen molar-refractivity contribution in [2.45, 2.75) is 38.2 Å². The van der Waals surface area contributed by atoms with Gasteiger partial charge in [-0.15, -0.1) is 24.0 Å². The molecule has 0 aromatic heterocycles. The fraction of sp³-hybridized carbons (Fsp3) is 0.929. The molecule has 1 heterocycles. The summed E-state index contributed by atoms with van der Waals surface area (Å²) < 4.78 is 26.5. The maximum absolute atomic E-state index is 11.9. The first kappa shape index (κ1) is 20.9. The van der Waals surface area contributed by atoms with Gasteiger partial charge in [-0.05, 0) is 31.6 Å². The molecular formula is C14H29IN4O3S. The standard InChI is InChI=1S/C14H28N4O3S.HI/c1-15-14(18-8-5-13(19)6-9-18)16-7-10-22(20,21)17-11-12-3-2-4-12;/h12-13,17,19H,2-11H2,1H3,(H,15,16);1H. The number of likely N-dealkylation sites (tertiary alicyclic amines) is 1. The van der Waals surface area contributed by atoms with Crippen molar-refractivity contribution in [2.75, 3.05) is 39.0 Å². The van der Waals surface area contributed by atoms with Crippen molar-refractivity contribution in [3.63, 3.8) is 0 Å². The summed E-state index contributed by atoms with van der Waals surface area (Å²) in [5.74, 6) is 1.28. The minimum atomic E-state index is -3.22. The molecule has 2 fully saturated rings. The maximum atomic E-state index is 11.9. The molecule has 23 heavy (non-hydrogen) atoms. The molecule has 1 saturated heterocycles. The Morgan fingerprint density at radius 3 is 2.43 bits per heavy atom. The molecule has 0 unspecified atom stereocenters. The molecule has 9 heteroatoms. The highest BCUT2D eigenvalue weighted by Crippen LogP contribution is 2.25. The van der Waals surface area contributed by atoms with E-state index in [0.717, 1.165) is 38.8 Å². The van der Waals surface area contributed by atoms with Gasteiger partial charge in [-0.2, -0.15) is 0 Å². The van der Waals surface area contributed by atoms with Crippen LogP contribution in [0.4, 0.5) is 0 Å². The van der Waals surface area contributed by atoms with E-state index in [2.05, 4.69) is 19.9 Å². The molecule has 1 aliphatic heterocycles. The highest BCUT2D eigenvalue weighted by molar-refractivity contribution is 14.0. The van der Waals surface area contributed by atoms with Crippen molar-refractivity contribution in [1.82, 2.24) is 14.9 Å². The predicted octanol–water partition coefficient (Wildman–Crippen LogP) is 0.356. The number of nitrogens with one attached hydrogen (secondary N) is 2.